The Balaban J connectivity index is 1.50. The van der Waals surface area contributed by atoms with E-state index in [0.717, 1.165) is 24.9 Å². The van der Waals surface area contributed by atoms with Crippen molar-refractivity contribution in [1.82, 2.24) is 10.2 Å². The minimum absolute atomic E-state index is 0.0418. The number of nitrogens with one attached hydrogen (secondary N) is 1. The molecule has 1 fully saturated rings. The summed E-state index contributed by atoms with van der Waals surface area (Å²) in [6, 6.07) is 11.5. The molecule has 6 nitrogen and oxygen atoms in total. The average molecular weight is 452 g/mol. The summed E-state index contributed by atoms with van der Waals surface area (Å²) in [5.74, 6) is -0.711. The summed E-state index contributed by atoms with van der Waals surface area (Å²) < 4.78 is 13.5. The second kappa shape index (κ2) is 9.73. The SMILES string of the molecule is CC(C)CNC(=O)[C@H]1CCCN(c2cccc3c2C(=O)N(CCc2cccc(F)c2)C3=O)C1. The van der Waals surface area contributed by atoms with Gasteiger partial charge in [0.25, 0.3) is 11.8 Å². The van der Waals surface area contributed by atoms with Gasteiger partial charge >= 0.3 is 0 Å². The summed E-state index contributed by atoms with van der Waals surface area (Å²) in [6.45, 7) is 6.20. The van der Waals surface area contributed by atoms with Crippen LogP contribution in [0.15, 0.2) is 42.5 Å². The van der Waals surface area contributed by atoms with E-state index in [4.69, 9.17) is 0 Å². The van der Waals surface area contributed by atoms with Crippen LogP contribution in [0.5, 0.6) is 0 Å². The predicted molar refractivity (Wildman–Crippen MR) is 125 cm³/mol. The topological polar surface area (TPSA) is 69.7 Å². The van der Waals surface area contributed by atoms with Gasteiger partial charge in [0.1, 0.15) is 5.82 Å². The fourth-order valence-corrected chi connectivity index (χ4v) is 4.57. The number of hydrogen-bond donors (Lipinski definition) is 1. The van der Waals surface area contributed by atoms with Crippen molar-refractivity contribution in [2.75, 3.05) is 31.1 Å². The van der Waals surface area contributed by atoms with Crippen LogP contribution in [0.2, 0.25) is 0 Å². The smallest absolute Gasteiger partial charge is 0.263 e. The highest BCUT2D eigenvalue weighted by atomic mass is 19.1. The number of piperidine rings is 1. The van der Waals surface area contributed by atoms with Gasteiger partial charge in [0.15, 0.2) is 0 Å². The van der Waals surface area contributed by atoms with E-state index in [1.165, 1.54) is 17.0 Å². The van der Waals surface area contributed by atoms with Crippen molar-refractivity contribution in [3.63, 3.8) is 0 Å². The van der Waals surface area contributed by atoms with Crippen LogP contribution in [0.25, 0.3) is 0 Å². The molecule has 0 spiro atoms. The van der Waals surface area contributed by atoms with E-state index >= 15 is 0 Å². The van der Waals surface area contributed by atoms with Gasteiger partial charge in [0.05, 0.1) is 22.7 Å². The van der Waals surface area contributed by atoms with Gasteiger partial charge < -0.3 is 10.2 Å². The molecule has 0 radical (unpaired) electrons. The van der Waals surface area contributed by atoms with E-state index < -0.39 is 0 Å². The van der Waals surface area contributed by atoms with Gasteiger partial charge in [0, 0.05) is 26.2 Å². The van der Waals surface area contributed by atoms with Gasteiger partial charge in [0.2, 0.25) is 5.91 Å². The molecule has 4 rings (SSSR count). The van der Waals surface area contributed by atoms with Crippen LogP contribution in [0.4, 0.5) is 10.1 Å². The fourth-order valence-electron chi connectivity index (χ4n) is 4.57. The Kier molecular flexibility index (Phi) is 6.77. The van der Waals surface area contributed by atoms with Gasteiger partial charge in [-0.2, -0.15) is 0 Å². The molecule has 2 heterocycles. The number of carbonyl (C=O) groups is 3. The maximum absolute atomic E-state index is 13.5. The fraction of sp³-hybridized carbons (Fsp3) is 0.423. The van der Waals surface area contributed by atoms with E-state index in [2.05, 4.69) is 24.1 Å². The number of anilines is 1. The van der Waals surface area contributed by atoms with Crippen LogP contribution in [0, 0.1) is 17.7 Å². The highest BCUT2D eigenvalue weighted by Gasteiger charge is 2.39. The Labute approximate surface area is 193 Å². The van der Waals surface area contributed by atoms with Crippen LogP contribution < -0.4 is 10.2 Å². The zero-order chi connectivity index (χ0) is 23.5. The second-order valence-electron chi connectivity index (χ2n) is 9.27. The number of carbonyl (C=O) groups excluding carboxylic acids is 3. The predicted octanol–water partition coefficient (Wildman–Crippen LogP) is 3.65. The zero-order valence-electron chi connectivity index (χ0n) is 19.1. The van der Waals surface area contributed by atoms with E-state index in [9.17, 15) is 18.8 Å². The minimum atomic E-state index is -0.339. The van der Waals surface area contributed by atoms with Gasteiger partial charge in [-0.05, 0) is 55.0 Å². The first-order valence-electron chi connectivity index (χ1n) is 11.6. The summed E-state index contributed by atoms with van der Waals surface area (Å²) in [5.41, 5.74) is 2.24. The molecule has 0 bridgehead atoms. The summed E-state index contributed by atoms with van der Waals surface area (Å²) in [7, 11) is 0. The maximum Gasteiger partial charge on any atom is 0.263 e. The maximum atomic E-state index is 13.5. The first-order chi connectivity index (χ1) is 15.8. The molecular weight excluding hydrogens is 421 g/mol. The first kappa shape index (κ1) is 23.0. The third-order valence-corrected chi connectivity index (χ3v) is 6.31. The molecule has 0 aromatic heterocycles. The third kappa shape index (κ3) is 4.92. The Morgan fingerprint density at radius 1 is 1.15 bits per heavy atom. The number of imide groups is 1. The number of fused-ring (bicyclic) bond motifs is 1. The van der Waals surface area contributed by atoms with Crippen molar-refractivity contribution in [3.8, 4) is 0 Å². The average Bonchev–Trinajstić information content (AvgIpc) is 3.06. The van der Waals surface area contributed by atoms with Crippen LogP contribution in [-0.4, -0.2) is 48.8 Å². The van der Waals surface area contributed by atoms with Gasteiger partial charge in [-0.15, -0.1) is 0 Å². The van der Waals surface area contributed by atoms with Crippen molar-refractivity contribution in [1.29, 1.82) is 0 Å². The largest absolute Gasteiger partial charge is 0.370 e. The number of halogens is 1. The molecule has 2 aromatic rings. The molecule has 3 amide bonds. The van der Waals surface area contributed by atoms with E-state index in [-0.39, 0.29) is 36.0 Å². The Morgan fingerprint density at radius 3 is 2.70 bits per heavy atom. The lowest BCUT2D eigenvalue weighted by atomic mass is 9.95. The molecule has 1 saturated heterocycles. The highest BCUT2D eigenvalue weighted by molar-refractivity contribution is 6.23. The standard InChI is InChI=1S/C26H30FN3O3/c1-17(2)15-28-24(31)19-7-5-12-29(16-19)22-10-4-9-21-23(22)26(33)30(25(21)32)13-11-18-6-3-8-20(27)14-18/h3-4,6,8-10,14,17,19H,5,7,11-13,15-16H2,1-2H3,(H,28,31)/t19-/m0/s1. The Hall–Kier alpha value is -3.22. The molecule has 2 aromatic carbocycles. The molecule has 0 unspecified atom stereocenters. The molecular formula is C26H30FN3O3. The van der Waals surface area contributed by atoms with E-state index in [0.29, 0.717) is 42.2 Å². The number of nitrogens with zero attached hydrogens (tertiary/aromatic N) is 2. The molecule has 1 atom stereocenters. The lowest BCUT2D eigenvalue weighted by Crippen LogP contribution is -2.44. The molecule has 2 aliphatic heterocycles. The van der Waals surface area contributed by atoms with Crippen molar-refractivity contribution in [2.45, 2.75) is 33.1 Å². The summed E-state index contributed by atoms with van der Waals surface area (Å²) >= 11 is 0. The van der Waals surface area contributed by atoms with Gasteiger partial charge in [-0.1, -0.05) is 32.0 Å². The van der Waals surface area contributed by atoms with Crippen molar-refractivity contribution in [2.24, 2.45) is 11.8 Å². The number of hydrogen-bond acceptors (Lipinski definition) is 4. The Morgan fingerprint density at radius 2 is 1.94 bits per heavy atom. The van der Waals surface area contributed by atoms with Crippen LogP contribution in [0.1, 0.15) is 53.0 Å². The number of amides is 3. The molecule has 0 saturated carbocycles. The minimum Gasteiger partial charge on any atom is -0.370 e. The molecule has 1 N–H and O–H groups in total. The molecule has 0 aliphatic carbocycles. The number of rotatable bonds is 7. The Bertz CT molecular complexity index is 1070. The molecule has 174 valence electrons. The summed E-state index contributed by atoms with van der Waals surface area (Å²) in [4.78, 5) is 42.2. The second-order valence-corrected chi connectivity index (χ2v) is 9.27. The van der Waals surface area contributed by atoms with Gasteiger partial charge in [-0.3, -0.25) is 19.3 Å². The third-order valence-electron chi connectivity index (χ3n) is 6.31. The lowest BCUT2D eigenvalue weighted by molar-refractivity contribution is -0.125. The lowest BCUT2D eigenvalue weighted by Gasteiger charge is -2.34. The van der Waals surface area contributed by atoms with Crippen LogP contribution >= 0.6 is 0 Å². The quantitative estimate of drug-likeness (QED) is 0.653. The van der Waals surface area contributed by atoms with Crippen LogP contribution in [-0.2, 0) is 11.2 Å². The van der Waals surface area contributed by atoms with E-state index in [1.54, 1.807) is 24.3 Å². The van der Waals surface area contributed by atoms with Gasteiger partial charge in [-0.25, -0.2) is 4.39 Å². The highest BCUT2D eigenvalue weighted by Crippen LogP contribution is 2.34. The van der Waals surface area contributed by atoms with Crippen molar-refractivity contribution < 1.29 is 18.8 Å². The normalized spacial score (nSPS) is 18.1. The van der Waals surface area contributed by atoms with Crippen molar-refractivity contribution >= 4 is 23.4 Å². The number of benzene rings is 2. The summed E-state index contributed by atoms with van der Waals surface area (Å²) in [5, 5.41) is 3.01. The monoisotopic (exact) mass is 451 g/mol. The molecule has 2 aliphatic rings. The van der Waals surface area contributed by atoms with Crippen molar-refractivity contribution in [3.05, 3.63) is 65.0 Å². The van der Waals surface area contributed by atoms with E-state index in [1.807, 2.05) is 6.07 Å². The first-order valence-corrected chi connectivity index (χ1v) is 11.6. The zero-order valence-corrected chi connectivity index (χ0v) is 19.1. The molecule has 7 heteroatoms. The molecule has 33 heavy (non-hydrogen) atoms. The summed E-state index contributed by atoms with van der Waals surface area (Å²) in [6.07, 6.45) is 2.04. The van der Waals surface area contributed by atoms with Crippen LogP contribution in [0.3, 0.4) is 0 Å².